The van der Waals surface area contributed by atoms with Crippen LogP contribution in [0.5, 0.6) is 0 Å². The molecule has 1 N–H and O–H groups in total. The molecule has 2 nitrogen and oxygen atoms in total. The summed E-state index contributed by atoms with van der Waals surface area (Å²) in [6.07, 6.45) is -4.67. The van der Waals surface area contributed by atoms with Crippen LogP contribution in [0.15, 0.2) is 46.9 Å². The Kier molecular flexibility index (Phi) is 4.32. The van der Waals surface area contributed by atoms with Gasteiger partial charge in [-0.25, -0.2) is 4.39 Å². The molecule has 0 radical (unpaired) electrons. The zero-order valence-electron chi connectivity index (χ0n) is 10.3. The molecule has 0 aliphatic carbocycles. The molecule has 0 aromatic heterocycles. The van der Waals surface area contributed by atoms with Gasteiger partial charge >= 0.3 is 6.18 Å². The molecule has 0 spiro atoms. The third-order valence-electron chi connectivity index (χ3n) is 2.61. The first kappa shape index (κ1) is 15.5. The van der Waals surface area contributed by atoms with Crippen molar-refractivity contribution in [3.05, 3.63) is 63.9 Å². The lowest BCUT2D eigenvalue weighted by Crippen LogP contribution is -2.18. The predicted molar refractivity (Wildman–Crippen MR) is 73.5 cm³/mol. The fourth-order valence-corrected chi connectivity index (χ4v) is 2.07. The van der Waals surface area contributed by atoms with Gasteiger partial charge in [-0.1, -0.05) is 22.0 Å². The first-order valence-corrected chi connectivity index (χ1v) is 6.50. The Bertz CT molecular complexity index is 685. The van der Waals surface area contributed by atoms with Crippen LogP contribution in [0.25, 0.3) is 0 Å². The maximum absolute atomic E-state index is 13.0. The number of hydrogen-bond acceptors (Lipinski definition) is 1. The van der Waals surface area contributed by atoms with Crippen LogP contribution in [0.4, 0.5) is 23.2 Å². The van der Waals surface area contributed by atoms with Crippen molar-refractivity contribution < 1.29 is 22.4 Å². The topological polar surface area (TPSA) is 29.1 Å². The Morgan fingerprint density at radius 1 is 1.10 bits per heavy atom. The smallest absolute Gasteiger partial charge is 0.322 e. The molecule has 21 heavy (non-hydrogen) atoms. The molecule has 0 aliphatic heterocycles. The summed E-state index contributed by atoms with van der Waals surface area (Å²) in [5.41, 5.74) is -1.52. The lowest BCUT2D eigenvalue weighted by Gasteiger charge is -2.13. The molecule has 2 aromatic carbocycles. The van der Waals surface area contributed by atoms with Gasteiger partial charge in [-0.15, -0.1) is 0 Å². The van der Waals surface area contributed by atoms with Gasteiger partial charge in [-0.2, -0.15) is 13.2 Å². The summed E-state index contributed by atoms with van der Waals surface area (Å²) >= 11 is 2.93. The van der Waals surface area contributed by atoms with Crippen molar-refractivity contribution in [3.8, 4) is 0 Å². The number of rotatable bonds is 2. The minimum absolute atomic E-state index is 0.0797. The molecular formula is C14H8BrF4NO. The second-order valence-corrected chi connectivity index (χ2v) is 5.07. The Balaban J connectivity index is 2.35. The van der Waals surface area contributed by atoms with Gasteiger partial charge in [-0.05, 0) is 36.4 Å². The molecule has 1 amide bonds. The Labute approximate surface area is 125 Å². The summed E-state index contributed by atoms with van der Waals surface area (Å²) in [5, 5.41) is 2.24. The SMILES string of the molecule is O=C(Nc1cccc(F)c1)c1ccc(Br)cc1C(F)(F)F. The number of amides is 1. The molecule has 2 aromatic rings. The van der Waals surface area contributed by atoms with Crippen LogP contribution < -0.4 is 5.32 Å². The van der Waals surface area contributed by atoms with Gasteiger partial charge in [0.05, 0.1) is 11.1 Å². The van der Waals surface area contributed by atoms with Crippen molar-refractivity contribution in [1.29, 1.82) is 0 Å². The molecule has 0 atom stereocenters. The summed E-state index contributed by atoms with van der Waals surface area (Å²) in [5.74, 6) is -1.56. The number of anilines is 1. The predicted octanol–water partition coefficient (Wildman–Crippen LogP) is 4.86. The highest BCUT2D eigenvalue weighted by Gasteiger charge is 2.35. The number of nitrogens with one attached hydrogen (secondary N) is 1. The van der Waals surface area contributed by atoms with E-state index in [0.717, 1.165) is 24.3 Å². The third kappa shape index (κ3) is 3.81. The van der Waals surface area contributed by atoms with Gasteiger partial charge in [0.2, 0.25) is 0 Å². The molecule has 0 saturated carbocycles. The van der Waals surface area contributed by atoms with Crippen molar-refractivity contribution in [2.75, 3.05) is 5.32 Å². The van der Waals surface area contributed by atoms with E-state index in [0.29, 0.717) is 0 Å². The van der Waals surface area contributed by atoms with Gasteiger partial charge < -0.3 is 5.32 Å². The lowest BCUT2D eigenvalue weighted by atomic mass is 10.1. The summed E-state index contributed by atoms with van der Waals surface area (Å²) in [7, 11) is 0. The van der Waals surface area contributed by atoms with Gasteiger partial charge in [0, 0.05) is 10.2 Å². The third-order valence-corrected chi connectivity index (χ3v) is 3.11. The largest absolute Gasteiger partial charge is 0.417 e. The van der Waals surface area contributed by atoms with E-state index in [1.165, 1.54) is 18.2 Å². The summed E-state index contributed by atoms with van der Waals surface area (Å²) in [6.45, 7) is 0. The van der Waals surface area contributed by atoms with Crippen LogP contribution >= 0.6 is 15.9 Å². The molecule has 0 saturated heterocycles. The fourth-order valence-electron chi connectivity index (χ4n) is 1.71. The maximum atomic E-state index is 13.0. The number of alkyl halides is 3. The highest BCUT2D eigenvalue weighted by atomic mass is 79.9. The van der Waals surface area contributed by atoms with Crippen LogP contribution in [-0.4, -0.2) is 5.91 Å². The van der Waals surface area contributed by atoms with Gasteiger partial charge in [0.1, 0.15) is 5.82 Å². The Morgan fingerprint density at radius 3 is 2.43 bits per heavy atom. The average Bonchev–Trinajstić information content (AvgIpc) is 2.37. The number of benzene rings is 2. The maximum Gasteiger partial charge on any atom is 0.417 e. The number of carbonyl (C=O) groups excluding carboxylic acids is 1. The Hall–Kier alpha value is -1.89. The highest BCUT2D eigenvalue weighted by Crippen LogP contribution is 2.34. The van der Waals surface area contributed by atoms with E-state index in [-0.39, 0.29) is 10.2 Å². The molecule has 7 heteroatoms. The molecule has 2 rings (SSSR count). The quantitative estimate of drug-likeness (QED) is 0.760. The van der Waals surface area contributed by atoms with Crippen molar-refractivity contribution in [3.63, 3.8) is 0 Å². The normalized spacial score (nSPS) is 11.3. The van der Waals surface area contributed by atoms with E-state index in [4.69, 9.17) is 0 Å². The monoisotopic (exact) mass is 361 g/mol. The number of halogens is 5. The van der Waals surface area contributed by atoms with Crippen LogP contribution in [0.2, 0.25) is 0 Å². The molecule has 0 aliphatic rings. The van der Waals surface area contributed by atoms with Crippen LogP contribution in [0, 0.1) is 5.82 Å². The van der Waals surface area contributed by atoms with Crippen LogP contribution in [0.3, 0.4) is 0 Å². The molecule has 110 valence electrons. The summed E-state index contributed by atoms with van der Waals surface area (Å²) < 4.78 is 52.0. The average molecular weight is 362 g/mol. The van der Waals surface area contributed by atoms with Crippen molar-refractivity contribution >= 4 is 27.5 Å². The fraction of sp³-hybridized carbons (Fsp3) is 0.0714. The molecular weight excluding hydrogens is 354 g/mol. The first-order valence-electron chi connectivity index (χ1n) is 5.71. The van der Waals surface area contributed by atoms with E-state index in [1.807, 2.05) is 0 Å². The second-order valence-electron chi connectivity index (χ2n) is 4.15. The molecule has 0 bridgehead atoms. The van der Waals surface area contributed by atoms with Crippen LogP contribution in [-0.2, 0) is 6.18 Å². The lowest BCUT2D eigenvalue weighted by molar-refractivity contribution is -0.137. The molecule has 0 fully saturated rings. The highest BCUT2D eigenvalue weighted by molar-refractivity contribution is 9.10. The van der Waals surface area contributed by atoms with E-state index in [9.17, 15) is 22.4 Å². The van der Waals surface area contributed by atoms with E-state index < -0.39 is 29.0 Å². The summed E-state index contributed by atoms with van der Waals surface area (Å²) in [4.78, 5) is 12.0. The van der Waals surface area contributed by atoms with Crippen molar-refractivity contribution in [2.24, 2.45) is 0 Å². The van der Waals surface area contributed by atoms with Gasteiger partial charge in [0.25, 0.3) is 5.91 Å². The van der Waals surface area contributed by atoms with Gasteiger partial charge in [-0.3, -0.25) is 4.79 Å². The number of carbonyl (C=O) groups is 1. The van der Waals surface area contributed by atoms with E-state index >= 15 is 0 Å². The summed E-state index contributed by atoms with van der Waals surface area (Å²) in [6, 6.07) is 8.11. The second kappa shape index (κ2) is 5.85. The van der Waals surface area contributed by atoms with Crippen LogP contribution in [0.1, 0.15) is 15.9 Å². The Morgan fingerprint density at radius 2 is 1.81 bits per heavy atom. The van der Waals surface area contributed by atoms with Gasteiger partial charge in [0.15, 0.2) is 0 Å². The number of hydrogen-bond donors (Lipinski definition) is 1. The van der Waals surface area contributed by atoms with Crippen molar-refractivity contribution in [1.82, 2.24) is 0 Å². The zero-order chi connectivity index (χ0) is 15.6. The standard InChI is InChI=1S/C14H8BrF4NO/c15-8-4-5-11(12(6-8)14(17,18)19)13(21)20-10-3-1-2-9(16)7-10/h1-7H,(H,20,21). The minimum Gasteiger partial charge on any atom is -0.322 e. The van der Waals surface area contributed by atoms with E-state index in [2.05, 4.69) is 21.2 Å². The molecule has 0 heterocycles. The zero-order valence-corrected chi connectivity index (χ0v) is 11.9. The van der Waals surface area contributed by atoms with E-state index in [1.54, 1.807) is 0 Å². The molecule has 0 unspecified atom stereocenters. The van der Waals surface area contributed by atoms with Crippen molar-refractivity contribution in [2.45, 2.75) is 6.18 Å². The first-order chi connectivity index (χ1) is 9.77. The minimum atomic E-state index is -4.67.